The van der Waals surface area contributed by atoms with Gasteiger partial charge in [0.05, 0.1) is 6.04 Å². The highest BCUT2D eigenvalue weighted by atomic mass is 16.2. The zero-order valence-corrected chi connectivity index (χ0v) is 12.4. The van der Waals surface area contributed by atoms with E-state index in [2.05, 4.69) is 54.1 Å². The monoisotopic (exact) mass is 275 g/mol. The molecule has 1 aromatic rings. The van der Waals surface area contributed by atoms with Gasteiger partial charge in [0, 0.05) is 25.7 Å². The van der Waals surface area contributed by atoms with E-state index in [4.69, 9.17) is 0 Å². The summed E-state index contributed by atoms with van der Waals surface area (Å²) >= 11 is 0. The van der Waals surface area contributed by atoms with E-state index in [0.717, 1.165) is 19.5 Å². The molecule has 3 unspecified atom stereocenters. The molecule has 1 aliphatic rings. The van der Waals surface area contributed by atoms with Gasteiger partial charge < -0.3 is 16.0 Å². The van der Waals surface area contributed by atoms with Gasteiger partial charge in [-0.05, 0) is 24.8 Å². The molecule has 0 radical (unpaired) electrons. The summed E-state index contributed by atoms with van der Waals surface area (Å²) in [5, 5.41) is 9.60. The van der Waals surface area contributed by atoms with Crippen LogP contribution in [0.4, 0.5) is 0 Å². The van der Waals surface area contributed by atoms with Gasteiger partial charge in [-0.1, -0.05) is 37.3 Å². The maximum atomic E-state index is 12.0. The molecule has 1 saturated heterocycles. The minimum atomic E-state index is -0.0989. The summed E-state index contributed by atoms with van der Waals surface area (Å²) in [5.41, 5.74) is 1.33. The van der Waals surface area contributed by atoms with Crippen LogP contribution in [0.3, 0.4) is 0 Å². The van der Waals surface area contributed by atoms with Crippen molar-refractivity contribution in [1.29, 1.82) is 0 Å². The summed E-state index contributed by atoms with van der Waals surface area (Å²) in [6.07, 6.45) is 0.965. The van der Waals surface area contributed by atoms with Crippen LogP contribution in [0.2, 0.25) is 0 Å². The van der Waals surface area contributed by atoms with E-state index < -0.39 is 0 Å². The quantitative estimate of drug-likeness (QED) is 0.758. The summed E-state index contributed by atoms with van der Waals surface area (Å²) in [7, 11) is 0. The van der Waals surface area contributed by atoms with Gasteiger partial charge in [-0.2, -0.15) is 0 Å². The molecule has 1 heterocycles. The molecule has 1 aliphatic heterocycles. The first-order chi connectivity index (χ1) is 9.66. The Morgan fingerprint density at radius 3 is 2.70 bits per heavy atom. The minimum absolute atomic E-state index is 0.0989. The predicted molar refractivity (Wildman–Crippen MR) is 81.7 cm³/mol. The van der Waals surface area contributed by atoms with Gasteiger partial charge in [-0.3, -0.25) is 4.79 Å². The van der Waals surface area contributed by atoms with E-state index in [9.17, 15) is 4.79 Å². The van der Waals surface area contributed by atoms with E-state index in [0.29, 0.717) is 18.5 Å². The van der Waals surface area contributed by atoms with Crippen LogP contribution < -0.4 is 16.0 Å². The van der Waals surface area contributed by atoms with E-state index in [1.807, 2.05) is 6.07 Å². The van der Waals surface area contributed by atoms with Crippen LogP contribution in [0.25, 0.3) is 0 Å². The molecule has 0 bridgehead atoms. The fraction of sp³-hybridized carbons (Fsp3) is 0.562. The standard InChI is InChI=1S/C16H25N3O/c1-12(14-6-4-3-5-7-14)8-9-17-16(20)15-11-18-13(2)10-19-15/h3-7,12-13,15,18-19H,8-11H2,1-2H3,(H,17,20). The molecule has 20 heavy (non-hydrogen) atoms. The highest BCUT2D eigenvalue weighted by Crippen LogP contribution is 2.17. The van der Waals surface area contributed by atoms with Crippen LogP contribution in [-0.4, -0.2) is 37.6 Å². The third kappa shape index (κ3) is 4.32. The van der Waals surface area contributed by atoms with Crippen molar-refractivity contribution in [2.45, 2.75) is 38.3 Å². The van der Waals surface area contributed by atoms with Crippen molar-refractivity contribution in [2.24, 2.45) is 0 Å². The smallest absolute Gasteiger partial charge is 0.238 e. The molecule has 1 amide bonds. The number of nitrogens with one attached hydrogen (secondary N) is 3. The summed E-state index contributed by atoms with van der Waals surface area (Å²) in [6.45, 7) is 6.59. The molecule has 110 valence electrons. The van der Waals surface area contributed by atoms with Crippen LogP contribution >= 0.6 is 0 Å². The molecular formula is C16H25N3O. The predicted octanol–water partition coefficient (Wildman–Crippen LogP) is 1.25. The Labute approximate surface area is 121 Å². The van der Waals surface area contributed by atoms with Crippen molar-refractivity contribution in [1.82, 2.24) is 16.0 Å². The topological polar surface area (TPSA) is 53.2 Å². The zero-order valence-electron chi connectivity index (χ0n) is 12.4. The van der Waals surface area contributed by atoms with Crippen LogP contribution in [0.5, 0.6) is 0 Å². The average Bonchev–Trinajstić information content (AvgIpc) is 2.48. The second-order valence-corrected chi connectivity index (χ2v) is 5.66. The average molecular weight is 275 g/mol. The fourth-order valence-electron chi connectivity index (χ4n) is 2.45. The Kier molecular flexibility index (Phi) is 5.56. The maximum Gasteiger partial charge on any atom is 0.238 e. The first-order valence-electron chi connectivity index (χ1n) is 7.46. The largest absolute Gasteiger partial charge is 0.355 e. The normalized spacial score (nSPS) is 24.1. The van der Waals surface area contributed by atoms with Gasteiger partial charge >= 0.3 is 0 Å². The van der Waals surface area contributed by atoms with Crippen molar-refractivity contribution >= 4 is 5.91 Å². The van der Waals surface area contributed by atoms with Crippen molar-refractivity contribution in [2.75, 3.05) is 19.6 Å². The summed E-state index contributed by atoms with van der Waals surface area (Å²) in [6, 6.07) is 10.8. The summed E-state index contributed by atoms with van der Waals surface area (Å²) in [5.74, 6) is 0.568. The minimum Gasteiger partial charge on any atom is -0.355 e. The number of carbonyl (C=O) groups excluding carboxylic acids is 1. The van der Waals surface area contributed by atoms with Gasteiger partial charge in [0.2, 0.25) is 5.91 Å². The maximum absolute atomic E-state index is 12.0. The highest BCUT2D eigenvalue weighted by molar-refractivity contribution is 5.82. The Bertz CT molecular complexity index is 413. The van der Waals surface area contributed by atoms with E-state index >= 15 is 0 Å². The zero-order chi connectivity index (χ0) is 14.4. The Balaban J connectivity index is 1.69. The van der Waals surface area contributed by atoms with Gasteiger partial charge in [0.15, 0.2) is 0 Å². The number of hydrogen-bond acceptors (Lipinski definition) is 3. The molecule has 1 fully saturated rings. The highest BCUT2D eigenvalue weighted by Gasteiger charge is 2.22. The molecule has 4 nitrogen and oxygen atoms in total. The molecular weight excluding hydrogens is 250 g/mol. The SMILES string of the molecule is CC1CNC(C(=O)NCCC(C)c2ccccc2)CN1. The number of amides is 1. The molecule has 3 atom stereocenters. The van der Waals surface area contributed by atoms with Crippen LogP contribution in [0, 0.1) is 0 Å². The molecule has 4 heteroatoms. The first-order valence-corrected chi connectivity index (χ1v) is 7.46. The molecule has 0 spiro atoms. The molecule has 0 saturated carbocycles. The van der Waals surface area contributed by atoms with Crippen molar-refractivity contribution < 1.29 is 4.79 Å². The number of rotatable bonds is 5. The third-order valence-electron chi connectivity index (χ3n) is 3.90. The van der Waals surface area contributed by atoms with E-state index in [-0.39, 0.29) is 11.9 Å². The lowest BCUT2D eigenvalue weighted by molar-refractivity contribution is -0.123. The van der Waals surface area contributed by atoms with Gasteiger partial charge in [-0.25, -0.2) is 0 Å². The number of hydrogen-bond donors (Lipinski definition) is 3. The fourth-order valence-corrected chi connectivity index (χ4v) is 2.45. The summed E-state index contributed by atoms with van der Waals surface area (Å²) in [4.78, 5) is 12.0. The van der Waals surface area contributed by atoms with Gasteiger partial charge in [-0.15, -0.1) is 0 Å². The third-order valence-corrected chi connectivity index (χ3v) is 3.90. The lowest BCUT2D eigenvalue weighted by Crippen LogP contribution is -2.58. The molecule has 2 rings (SSSR count). The van der Waals surface area contributed by atoms with Gasteiger partial charge in [0.1, 0.15) is 0 Å². The molecule has 0 aliphatic carbocycles. The lowest BCUT2D eigenvalue weighted by atomic mass is 9.98. The van der Waals surface area contributed by atoms with Crippen molar-refractivity contribution in [3.05, 3.63) is 35.9 Å². The van der Waals surface area contributed by atoms with Crippen molar-refractivity contribution in [3.8, 4) is 0 Å². The Morgan fingerprint density at radius 2 is 2.05 bits per heavy atom. The molecule has 0 aromatic heterocycles. The van der Waals surface area contributed by atoms with E-state index in [1.54, 1.807) is 0 Å². The number of piperazine rings is 1. The first kappa shape index (κ1) is 15.0. The second kappa shape index (κ2) is 7.41. The van der Waals surface area contributed by atoms with E-state index in [1.165, 1.54) is 5.56 Å². The Hall–Kier alpha value is -1.39. The second-order valence-electron chi connectivity index (χ2n) is 5.66. The van der Waals surface area contributed by atoms with Crippen LogP contribution in [0.15, 0.2) is 30.3 Å². The van der Waals surface area contributed by atoms with Crippen LogP contribution in [-0.2, 0) is 4.79 Å². The van der Waals surface area contributed by atoms with Crippen molar-refractivity contribution in [3.63, 3.8) is 0 Å². The Morgan fingerprint density at radius 1 is 1.30 bits per heavy atom. The number of benzene rings is 1. The van der Waals surface area contributed by atoms with Gasteiger partial charge in [0.25, 0.3) is 0 Å². The lowest BCUT2D eigenvalue weighted by Gasteiger charge is -2.28. The molecule has 3 N–H and O–H groups in total. The summed E-state index contributed by atoms with van der Waals surface area (Å²) < 4.78 is 0. The molecule has 1 aromatic carbocycles. The number of carbonyl (C=O) groups is 1. The van der Waals surface area contributed by atoms with Crippen LogP contribution in [0.1, 0.15) is 31.7 Å².